The lowest BCUT2D eigenvalue weighted by molar-refractivity contribution is 0.0488. The first-order valence-electron chi connectivity index (χ1n) is 11.9. The number of aryl methyl sites for hydroxylation is 3. The monoisotopic (exact) mass is 518 g/mol. The molecule has 0 saturated carbocycles. The number of aliphatic imine (C=N–C) groups is 1. The first-order chi connectivity index (χ1) is 17.1. The SMILES string of the molecule is Cc1nnc2n1-c1sc(CCc3ccc(C(=O)C(C)(C)O)cc3)cc1C(c1ccccc1Cl)=NC2C. The number of halogens is 1. The fraction of sp³-hybridized carbons (Fsp3) is 0.286. The number of ketones is 1. The number of Topliss-reactive ketones (excluding diaryl/α,β-unsaturated/α-hetero) is 1. The molecule has 5 rings (SSSR count). The predicted octanol–water partition coefficient (Wildman–Crippen LogP) is 5.94. The van der Waals surface area contributed by atoms with Crippen molar-refractivity contribution in [1.82, 2.24) is 14.8 Å². The summed E-state index contributed by atoms with van der Waals surface area (Å²) in [5, 5.41) is 20.5. The third-order valence-electron chi connectivity index (χ3n) is 6.33. The molecule has 1 N–H and O–H groups in total. The highest BCUT2D eigenvalue weighted by atomic mass is 35.5. The average Bonchev–Trinajstić information content (AvgIpc) is 3.41. The van der Waals surface area contributed by atoms with E-state index >= 15 is 0 Å². The van der Waals surface area contributed by atoms with Crippen molar-refractivity contribution < 1.29 is 9.90 Å². The number of benzene rings is 2. The number of thiophene rings is 1. The van der Waals surface area contributed by atoms with Crippen LogP contribution in [0.25, 0.3) is 5.00 Å². The van der Waals surface area contributed by atoms with Gasteiger partial charge in [0.25, 0.3) is 0 Å². The molecule has 0 bridgehead atoms. The first-order valence-corrected chi connectivity index (χ1v) is 13.1. The van der Waals surface area contributed by atoms with E-state index in [4.69, 9.17) is 16.6 Å². The number of carbonyl (C=O) groups excluding carboxylic acids is 1. The zero-order chi connectivity index (χ0) is 25.6. The van der Waals surface area contributed by atoms with Crippen LogP contribution in [0.4, 0.5) is 0 Å². The molecule has 1 aliphatic rings. The third-order valence-corrected chi connectivity index (χ3v) is 7.84. The summed E-state index contributed by atoms with van der Waals surface area (Å²) in [6, 6.07) is 17.3. The van der Waals surface area contributed by atoms with Crippen LogP contribution in [0.2, 0.25) is 5.02 Å². The number of carbonyl (C=O) groups is 1. The zero-order valence-corrected chi connectivity index (χ0v) is 22.2. The highest BCUT2D eigenvalue weighted by molar-refractivity contribution is 7.15. The van der Waals surface area contributed by atoms with Gasteiger partial charge in [0, 0.05) is 26.6 Å². The van der Waals surface area contributed by atoms with Gasteiger partial charge in [0.2, 0.25) is 0 Å². The van der Waals surface area contributed by atoms with Gasteiger partial charge in [0.05, 0.1) is 5.71 Å². The van der Waals surface area contributed by atoms with Gasteiger partial charge in [-0.1, -0.05) is 54.1 Å². The molecule has 2 aromatic heterocycles. The summed E-state index contributed by atoms with van der Waals surface area (Å²) in [4.78, 5) is 18.6. The van der Waals surface area contributed by atoms with E-state index < -0.39 is 5.60 Å². The number of rotatable bonds is 6. The van der Waals surface area contributed by atoms with E-state index in [1.807, 2.05) is 50.2 Å². The molecule has 0 fully saturated rings. The number of aliphatic hydroxyl groups is 1. The smallest absolute Gasteiger partial charge is 0.193 e. The maximum absolute atomic E-state index is 12.3. The first kappa shape index (κ1) is 24.6. The van der Waals surface area contributed by atoms with E-state index in [9.17, 15) is 9.90 Å². The molecular formula is C28H27ClN4O2S. The van der Waals surface area contributed by atoms with Crippen LogP contribution in [0, 0.1) is 6.92 Å². The molecule has 1 atom stereocenters. The van der Waals surface area contributed by atoms with Crippen molar-refractivity contribution in [1.29, 1.82) is 0 Å². The minimum atomic E-state index is -1.38. The molecule has 6 nitrogen and oxygen atoms in total. The Labute approximate surface area is 219 Å². The van der Waals surface area contributed by atoms with Crippen LogP contribution in [0.3, 0.4) is 0 Å². The van der Waals surface area contributed by atoms with Crippen LogP contribution in [0.15, 0.2) is 59.6 Å². The molecule has 0 radical (unpaired) electrons. The summed E-state index contributed by atoms with van der Waals surface area (Å²) in [5.41, 5.74) is 3.06. The molecular weight excluding hydrogens is 492 g/mol. The van der Waals surface area contributed by atoms with Crippen LogP contribution in [0.1, 0.15) is 70.4 Å². The molecule has 8 heteroatoms. The number of hydrogen-bond acceptors (Lipinski definition) is 6. The highest BCUT2D eigenvalue weighted by Gasteiger charge is 2.29. The largest absolute Gasteiger partial charge is 0.382 e. The van der Waals surface area contributed by atoms with Crippen molar-refractivity contribution >= 4 is 34.4 Å². The molecule has 1 unspecified atom stereocenters. The summed E-state index contributed by atoms with van der Waals surface area (Å²) in [6.07, 6.45) is 1.65. The van der Waals surface area contributed by atoms with Crippen LogP contribution in [0.5, 0.6) is 0 Å². The van der Waals surface area contributed by atoms with Crippen molar-refractivity contribution in [2.24, 2.45) is 4.99 Å². The number of hydrogen-bond donors (Lipinski definition) is 1. The maximum atomic E-state index is 12.3. The molecule has 184 valence electrons. The van der Waals surface area contributed by atoms with Gasteiger partial charge in [0.1, 0.15) is 22.5 Å². The Kier molecular flexibility index (Phi) is 6.41. The Bertz CT molecular complexity index is 1480. The summed E-state index contributed by atoms with van der Waals surface area (Å²) < 4.78 is 2.11. The molecule has 3 heterocycles. The van der Waals surface area contributed by atoms with Crippen LogP contribution < -0.4 is 0 Å². The standard InChI is InChI=1S/C28H27ClN4O2S/c1-16-26-32-31-17(2)33(26)27-22(24(30-16)21-7-5-6-8-23(21)29)15-20(36-27)14-11-18-9-12-19(13-10-18)25(34)28(3,4)35/h5-10,12-13,15-16,35H,11,14H2,1-4H3. The maximum Gasteiger partial charge on any atom is 0.193 e. The molecule has 0 aliphatic carbocycles. The lowest BCUT2D eigenvalue weighted by atomic mass is 9.95. The molecule has 36 heavy (non-hydrogen) atoms. The summed E-state index contributed by atoms with van der Waals surface area (Å²) in [7, 11) is 0. The number of fused-ring (bicyclic) bond motifs is 3. The Balaban J connectivity index is 1.48. The van der Waals surface area contributed by atoms with Gasteiger partial charge in [-0.25, -0.2) is 0 Å². The van der Waals surface area contributed by atoms with E-state index in [2.05, 4.69) is 20.8 Å². The molecule has 4 aromatic rings. The molecule has 0 spiro atoms. The van der Waals surface area contributed by atoms with E-state index in [-0.39, 0.29) is 11.8 Å². The number of nitrogens with zero attached hydrogens (tertiary/aromatic N) is 4. The quantitative estimate of drug-likeness (QED) is 0.320. The van der Waals surface area contributed by atoms with Crippen molar-refractivity contribution in [2.75, 3.05) is 0 Å². The normalized spacial score (nSPS) is 15.2. The average molecular weight is 519 g/mol. The molecule has 2 aromatic carbocycles. The van der Waals surface area contributed by atoms with Crippen molar-refractivity contribution in [2.45, 2.75) is 52.2 Å². The van der Waals surface area contributed by atoms with Crippen molar-refractivity contribution in [3.8, 4) is 5.00 Å². The van der Waals surface area contributed by atoms with Crippen molar-refractivity contribution in [3.05, 3.63) is 98.4 Å². The molecule has 0 amide bonds. The Morgan fingerprint density at radius 3 is 2.50 bits per heavy atom. The third kappa shape index (κ3) is 4.54. The molecule has 1 aliphatic heterocycles. The van der Waals surface area contributed by atoms with E-state index in [0.717, 1.165) is 51.9 Å². The summed E-state index contributed by atoms with van der Waals surface area (Å²) in [6.45, 7) is 7.01. The second kappa shape index (κ2) is 9.39. The summed E-state index contributed by atoms with van der Waals surface area (Å²) in [5.74, 6) is 1.36. The van der Waals surface area contributed by atoms with Crippen LogP contribution in [-0.2, 0) is 12.8 Å². The lowest BCUT2D eigenvalue weighted by Gasteiger charge is -2.15. The predicted molar refractivity (Wildman–Crippen MR) is 144 cm³/mol. The second-order valence-corrected chi connectivity index (χ2v) is 11.1. The fourth-order valence-corrected chi connectivity index (χ4v) is 5.86. The van der Waals surface area contributed by atoms with Gasteiger partial charge < -0.3 is 5.11 Å². The van der Waals surface area contributed by atoms with E-state index in [1.54, 1.807) is 23.5 Å². The topological polar surface area (TPSA) is 80.4 Å². The zero-order valence-electron chi connectivity index (χ0n) is 20.6. The van der Waals surface area contributed by atoms with E-state index in [0.29, 0.717) is 10.6 Å². The Hall–Kier alpha value is -3.13. The van der Waals surface area contributed by atoms with Gasteiger partial charge in [-0.15, -0.1) is 21.5 Å². The van der Waals surface area contributed by atoms with E-state index in [1.165, 1.54) is 18.7 Å². The van der Waals surface area contributed by atoms with Gasteiger partial charge in [-0.05, 0) is 58.2 Å². The Morgan fingerprint density at radius 2 is 1.81 bits per heavy atom. The minimum Gasteiger partial charge on any atom is -0.382 e. The second-order valence-electron chi connectivity index (χ2n) is 9.59. The molecule has 0 saturated heterocycles. The fourth-order valence-electron chi connectivity index (χ4n) is 4.42. The van der Waals surface area contributed by atoms with Gasteiger partial charge >= 0.3 is 0 Å². The van der Waals surface area contributed by atoms with Gasteiger partial charge in [0.15, 0.2) is 11.6 Å². The van der Waals surface area contributed by atoms with Gasteiger partial charge in [-0.2, -0.15) is 0 Å². The number of aromatic nitrogens is 3. The lowest BCUT2D eigenvalue weighted by Crippen LogP contribution is -2.31. The van der Waals surface area contributed by atoms with Crippen molar-refractivity contribution in [3.63, 3.8) is 0 Å². The van der Waals surface area contributed by atoms with Crippen LogP contribution in [-0.4, -0.2) is 37.0 Å². The minimum absolute atomic E-state index is 0.161. The summed E-state index contributed by atoms with van der Waals surface area (Å²) >= 11 is 8.32. The van der Waals surface area contributed by atoms with Gasteiger partial charge in [-0.3, -0.25) is 14.4 Å². The Morgan fingerprint density at radius 1 is 1.08 bits per heavy atom. The van der Waals surface area contributed by atoms with Crippen LogP contribution >= 0.6 is 22.9 Å². The highest BCUT2D eigenvalue weighted by Crippen LogP contribution is 2.37.